The number of amides is 2. The van der Waals surface area contributed by atoms with Crippen LogP contribution in [0, 0.1) is 11.2 Å². The molecular formula is C20H24FN5O4. The molecule has 4 rings (SSSR count). The van der Waals surface area contributed by atoms with Gasteiger partial charge in [0.05, 0.1) is 7.11 Å². The Hall–Kier alpha value is -3.01. The predicted octanol–water partition coefficient (Wildman–Crippen LogP) is 0.677. The van der Waals surface area contributed by atoms with Crippen LogP contribution in [0.5, 0.6) is 5.75 Å². The number of carbonyl (C=O) groups is 2. The highest BCUT2D eigenvalue weighted by Crippen LogP contribution is 2.49. The van der Waals surface area contributed by atoms with Gasteiger partial charge in [-0.05, 0) is 18.2 Å². The van der Waals surface area contributed by atoms with E-state index in [4.69, 9.17) is 9.47 Å². The van der Waals surface area contributed by atoms with Gasteiger partial charge >= 0.3 is 0 Å². The van der Waals surface area contributed by atoms with Crippen LogP contribution in [0.2, 0.25) is 0 Å². The van der Waals surface area contributed by atoms with Gasteiger partial charge in [0, 0.05) is 57.2 Å². The van der Waals surface area contributed by atoms with E-state index in [1.54, 1.807) is 22.2 Å². The van der Waals surface area contributed by atoms with Crippen LogP contribution in [0.15, 0.2) is 24.5 Å². The molecule has 0 radical (unpaired) electrons. The lowest BCUT2D eigenvalue weighted by Crippen LogP contribution is -2.61. The van der Waals surface area contributed by atoms with Crippen molar-refractivity contribution in [3.63, 3.8) is 0 Å². The number of rotatable bonds is 5. The van der Waals surface area contributed by atoms with Crippen LogP contribution in [0.1, 0.15) is 22.1 Å². The minimum Gasteiger partial charge on any atom is -0.494 e. The number of nitrogens with zero attached hydrogens (tertiary/aromatic N) is 5. The number of ether oxygens (including phenoxy) is 2. The molecule has 0 saturated carbocycles. The first-order valence-electron chi connectivity index (χ1n) is 9.62. The van der Waals surface area contributed by atoms with Gasteiger partial charge in [0.15, 0.2) is 11.6 Å². The molecule has 1 aromatic carbocycles. The monoisotopic (exact) mass is 417 g/mol. The van der Waals surface area contributed by atoms with Gasteiger partial charge in [-0.15, -0.1) is 10.2 Å². The van der Waals surface area contributed by atoms with E-state index in [1.165, 1.54) is 26.4 Å². The molecular weight excluding hydrogens is 393 g/mol. The van der Waals surface area contributed by atoms with E-state index in [9.17, 15) is 14.0 Å². The van der Waals surface area contributed by atoms with Gasteiger partial charge in [0.25, 0.3) is 5.91 Å². The Bertz CT molecular complexity index is 972. The van der Waals surface area contributed by atoms with Gasteiger partial charge in [0.2, 0.25) is 5.91 Å². The number of likely N-dealkylation sites (tertiary alicyclic amines) is 2. The summed E-state index contributed by atoms with van der Waals surface area (Å²) in [5.41, 5.74) is -0.0473. The van der Waals surface area contributed by atoms with Crippen molar-refractivity contribution >= 4 is 11.8 Å². The molecule has 2 aliphatic rings. The summed E-state index contributed by atoms with van der Waals surface area (Å²) in [4.78, 5) is 28.8. The standard InChI is InChI=1S/C20H24FN5O4/c1-24-12-22-23-18(24)14-7-25(17(27)8-29-2)9-20(14)10-26(11-20)19(28)13-4-5-16(30-3)15(21)6-13/h4-6,12,14H,7-11H2,1-3H3. The van der Waals surface area contributed by atoms with Crippen LogP contribution in [0.4, 0.5) is 4.39 Å². The fourth-order valence-electron chi connectivity index (χ4n) is 4.50. The van der Waals surface area contributed by atoms with E-state index in [2.05, 4.69) is 10.2 Å². The maximum absolute atomic E-state index is 14.0. The predicted molar refractivity (Wildman–Crippen MR) is 103 cm³/mol. The number of methoxy groups -OCH3 is 2. The maximum atomic E-state index is 14.0. The molecule has 30 heavy (non-hydrogen) atoms. The maximum Gasteiger partial charge on any atom is 0.254 e. The number of benzene rings is 1. The second kappa shape index (κ2) is 7.67. The van der Waals surface area contributed by atoms with Crippen LogP contribution in [-0.2, 0) is 16.6 Å². The Balaban J connectivity index is 1.54. The SMILES string of the molecule is COCC(=O)N1CC(c2nncn2C)C2(C1)CN(C(=O)c1ccc(OC)c(F)c1)C2. The smallest absolute Gasteiger partial charge is 0.254 e. The van der Waals surface area contributed by atoms with Crippen LogP contribution >= 0.6 is 0 Å². The first-order chi connectivity index (χ1) is 14.4. The van der Waals surface area contributed by atoms with Crippen LogP contribution in [-0.4, -0.2) is 83.4 Å². The lowest BCUT2D eigenvalue weighted by molar-refractivity contribution is -0.134. The molecule has 1 unspecified atom stereocenters. The zero-order chi connectivity index (χ0) is 21.5. The van der Waals surface area contributed by atoms with Crippen molar-refractivity contribution in [3.8, 4) is 5.75 Å². The third-order valence-electron chi connectivity index (χ3n) is 6.02. The van der Waals surface area contributed by atoms with Gasteiger partial charge in [-0.3, -0.25) is 9.59 Å². The van der Waals surface area contributed by atoms with Crippen molar-refractivity contribution in [2.75, 3.05) is 47.0 Å². The van der Waals surface area contributed by atoms with Crippen molar-refractivity contribution in [2.24, 2.45) is 12.5 Å². The second-order valence-corrected chi connectivity index (χ2v) is 7.93. The minimum absolute atomic E-state index is 0.00931. The van der Waals surface area contributed by atoms with E-state index in [0.29, 0.717) is 26.2 Å². The number of hydrogen-bond donors (Lipinski definition) is 0. The van der Waals surface area contributed by atoms with Gasteiger partial charge < -0.3 is 23.8 Å². The van der Waals surface area contributed by atoms with Gasteiger partial charge in [-0.2, -0.15) is 0 Å². The molecule has 2 saturated heterocycles. The summed E-state index contributed by atoms with van der Waals surface area (Å²) in [5, 5.41) is 8.23. The third-order valence-corrected chi connectivity index (χ3v) is 6.02. The lowest BCUT2D eigenvalue weighted by Gasteiger charge is -2.50. The topological polar surface area (TPSA) is 89.8 Å². The zero-order valence-electron chi connectivity index (χ0n) is 17.2. The molecule has 1 aromatic heterocycles. The highest BCUT2D eigenvalue weighted by molar-refractivity contribution is 5.95. The fraction of sp³-hybridized carbons (Fsp3) is 0.500. The molecule has 3 heterocycles. The molecule has 160 valence electrons. The van der Waals surface area contributed by atoms with E-state index in [0.717, 1.165) is 5.82 Å². The zero-order valence-corrected chi connectivity index (χ0v) is 17.2. The van der Waals surface area contributed by atoms with Crippen molar-refractivity contribution in [3.05, 3.63) is 41.7 Å². The summed E-state index contributed by atoms with van der Waals surface area (Å²) in [7, 11) is 4.73. The van der Waals surface area contributed by atoms with E-state index < -0.39 is 5.82 Å². The summed E-state index contributed by atoms with van der Waals surface area (Å²) in [6.45, 7) is 1.92. The molecule has 9 nitrogen and oxygen atoms in total. The van der Waals surface area contributed by atoms with Crippen molar-refractivity contribution in [2.45, 2.75) is 5.92 Å². The van der Waals surface area contributed by atoms with Gasteiger partial charge in [-0.1, -0.05) is 0 Å². The summed E-state index contributed by atoms with van der Waals surface area (Å²) in [6, 6.07) is 4.19. The quantitative estimate of drug-likeness (QED) is 0.711. The Kier molecular flexibility index (Phi) is 5.19. The third kappa shape index (κ3) is 3.30. The largest absolute Gasteiger partial charge is 0.494 e. The second-order valence-electron chi connectivity index (χ2n) is 7.93. The number of hydrogen-bond acceptors (Lipinski definition) is 6. The van der Waals surface area contributed by atoms with E-state index in [-0.39, 0.29) is 41.1 Å². The molecule has 10 heteroatoms. The van der Waals surface area contributed by atoms with Crippen LogP contribution < -0.4 is 4.74 Å². The van der Waals surface area contributed by atoms with Crippen molar-refractivity contribution in [1.82, 2.24) is 24.6 Å². The molecule has 2 fully saturated rings. The van der Waals surface area contributed by atoms with Crippen LogP contribution in [0.25, 0.3) is 0 Å². The number of halogens is 1. The summed E-state index contributed by atoms with van der Waals surface area (Å²) < 4.78 is 25.8. The van der Waals surface area contributed by atoms with Crippen molar-refractivity contribution < 1.29 is 23.5 Å². The first-order valence-corrected chi connectivity index (χ1v) is 9.62. The van der Waals surface area contributed by atoms with Gasteiger partial charge in [-0.25, -0.2) is 4.39 Å². The first kappa shape index (κ1) is 20.3. The molecule has 0 bridgehead atoms. The molecule has 2 aliphatic heterocycles. The molecule has 2 amide bonds. The Morgan fingerprint density at radius 2 is 1.97 bits per heavy atom. The number of aryl methyl sites for hydroxylation is 1. The van der Waals surface area contributed by atoms with E-state index in [1.807, 2.05) is 11.6 Å². The number of aromatic nitrogens is 3. The minimum atomic E-state index is -0.576. The van der Waals surface area contributed by atoms with E-state index >= 15 is 0 Å². The Labute approximate surface area is 173 Å². The average Bonchev–Trinajstić information content (AvgIpc) is 3.30. The normalized spacial score (nSPS) is 19.8. The highest BCUT2D eigenvalue weighted by Gasteiger charge is 2.58. The molecule has 0 aliphatic carbocycles. The summed E-state index contributed by atoms with van der Waals surface area (Å²) in [5.74, 6) is -0.0957. The Morgan fingerprint density at radius 3 is 2.57 bits per heavy atom. The molecule has 0 N–H and O–H groups in total. The molecule has 1 atom stereocenters. The summed E-state index contributed by atoms with van der Waals surface area (Å²) >= 11 is 0. The van der Waals surface area contributed by atoms with Gasteiger partial charge in [0.1, 0.15) is 18.8 Å². The highest BCUT2D eigenvalue weighted by atomic mass is 19.1. The molecule has 2 aromatic rings. The molecule has 1 spiro atoms. The fourth-order valence-corrected chi connectivity index (χ4v) is 4.50. The number of carbonyl (C=O) groups excluding carboxylic acids is 2. The summed E-state index contributed by atoms with van der Waals surface area (Å²) in [6.07, 6.45) is 1.63. The van der Waals surface area contributed by atoms with Crippen LogP contribution in [0.3, 0.4) is 0 Å². The Morgan fingerprint density at radius 1 is 1.23 bits per heavy atom. The lowest BCUT2D eigenvalue weighted by atomic mass is 9.71. The average molecular weight is 417 g/mol. The van der Waals surface area contributed by atoms with Crippen molar-refractivity contribution in [1.29, 1.82) is 0 Å².